The number of halogens is 1. The van der Waals surface area contributed by atoms with Crippen LogP contribution in [0.4, 0.5) is 4.39 Å². The standard InChI is InChI=1S/C11H9FO2/c12-11(7-14-11)9-3-4-10-8(6-9)2-1-5-13-10/h1,3-6H,2,7H2/t11-/m1/s1. The molecule has 0 aliphatic carbocycles. The number of epoxide rings is 1. The lowest BCUT2D eigenvalue weighted by Crippen LogP contribution is -2.03. The highest BCUT2D eigenvalue weighted by molar-refractivity contribution is 5.42. The fourth-order valence-electron chi connectivity index (χ4n) is 1.61. The summed E-state index contributed by atoms with van der Waals surface area (Å²) < 4.78 is 23.5. The number of rotatable bonds is 1. The van der Waals surface area contributed by atoms with Gasteiger partial charge in [0.05, 0.1) is 6.26 Å². The summed E-state index contributed by atoms with van der Waals surface area (Å²) in [6.07, 6.45) is 4.35. The molecule has 0 radical (unpaired) electrons. The van der Waals surface area contributed by atoms with E-state index in [2.05, 4.69) is 0 Å². The largest absolute Gasteiger partial charge is 0.465 e. The van der Waals surface area contributed by atoms with E-state index in [0.717, 1.165) is 17.7 Å². The minimum atomic E-state index is -1.53. The molecule has 2 aliphatic rings. The third-order valence-corrected chi connectivity index (χ3v) is 2.52. The molecule has 2 heterocycles. The van der Waals surface area contributed by atoms with Gasteiger partial charge in [-0.15, -0.1) is 0 Å². The van der Waals surface area contributed by atoms with Crippen molar-refractivity contribution >= 4 is 0 Å². The summed E-state index contributed by atoms with van der Waals surface area (Å²) in [5.74, 6) is -0.726. The smallest absolute Gasteiger partial charge is 0.259 e. The van der Waals surface area contributed by atoms with E-state index < -0.39 is 5.85 Å². The second-order valence-corrected chi connectivity index (χ2v) is 3.53. The Morgan fingerprint density at radius 3 is 3.00 bits per heavy atom. The van der Waals surface area contributed by atoms with Crippen LogP contribution in [0.15, 0.2) is 30.5 Å². The molecule has 0 N–H and O–H groups in total. The van der Waals surface area contributed by atoms with Gasteiger partial charge in [0.25, 0.3) is 5.85 Å². The van der Waals surface area contributed by atoms with E-state index in [4.69, 9.17) is 9.47 Å². The van der Waals surface area contributed by atoms with Crippen LogP contribution >= 0.6 is 0 Å². The second kappa shape index (κ2) is 2.58. The maximum absolute atomic E-state index is 13.5. The van der Waals surface area contributed by atoms with Crippen molar-refractivity contribution in [1.29, 1.82) is 0 Å². The minimum Gasteiger partial charge on any atom is -0.465 e. The first-order valence-corrected chi connectivity index (χ1v) is 4.56. The van der Waals surface area contributed by atoms with E-state index in [-0.39, 0.29) is 6.61 Å². The molecule has 0 spiro atoms. The lowest BCUT2D eigenvalue weighted by molar-refractivity contribution is 0.141. The van der Waals surface area contributed by atoms with Gasteiger partial charge >= 0.3 is 0 Å². The Morgan fingerprint density at radius 2 is 2.21 bits per heavy atom. The van der Waals surface area contributed by atoms with Crippen LogP contribution in [0.5, 0.6) is 5.75 Å². The average molecular weight is 192 g/mol. The summed E-state index contributed by atoms with van der Waals surface area (Å²) in [5, 5.41) is 0. The molecular formula is C11H9FO2. The molecule has 1 aromatic carbocycles. The summed E-state index contributed by atoms with van der Waals surface area (Å²) in [4.78, 5) is 0. The Kier molecular flexibility index (Phi) is 1.47. The SMILES string of the molecule is F[C@]1(c2ccc3c(c2)CC=CO3)CO1. The highest BCUT2D eigenvalue weighted by Gasteiger charge is 2.47. The van der Waals surface area contributed by atoms with E-state index in [1.807, 2.05) is 12.1 Å². The van der Waals surface area contributed by atoms with Crippen molar-refractivity contribution < 1.29 is 13.9 Å². The molecule has 2 nitrogen and oxygen atoms in total. The van der Waals surface area contributed by atoms with Crippen molar-refractivity contribution in [2.45, 2.75) is 12.3 Å². The zero-order valence-corrected chi connectivity index (χ0v) is 7.50. The predicted molar refractivity (Wildman–Crippen MR) is 48.7 cm³/mol. The van der Waals surface area contributed by atoms with Crippen molar-refractivity contribution in [3.05, 3.63) is 41.7 Å². The van der Waals surface area contributed by atoms with Crippen LogP contribution in [0, 0.1) is 0 Å². The van der Waals surface area contributed by atoms with Gasteiger partial charge in [-0.05, 0) is 36.3 Å². The van der Waals surface area contributed by atoms with Gasteiger partial charge in [0.2, 0.25) is 0 Å². The number of alkyl halides is 1. The minimum absolute atomic E-state index is 0.169. The topological polar surface area (TPSA) is 21.8 Å². The van der Waals surface area contributed by atoms with Gasteiger partial charge in [-0.25, -0.2) is 4.39 Å². The maximum atomic E-state index is 13.5. The monoisotopic (exact) mass is 192 g/mol. The molecular weight excluding hydrogens is 183 g/mol. The number of hydrogen-bond acceptors (Lipinski definition) is 2. The first-order chi connectivity index (χ1) is 6.78. The van der Waals surface area contributed by atoms with Gasteiger partial charge in [-0.1, -0.05) is 0 Å². The quantitative estimate of drug-likeness (QED) is 0.637. The van der Waals surface area contributed by atoms with Gasteiger partial charge in [0, 0.05) is 5.56 Å². The van der Waals surface area contributed by atoms with Gasteiger partial charge in [0.15, 0.2) is 0 Å². The number of ether oxygens (including phenoxy) is 2. The van der Waals surface area contributed by atoms with Crippen LogP contribution < -0.4 is 4.74 Å². The van der Waals surface area contributed by atoms with Crippen LogP contribution in [0.2, 0.25) is 0 Å². The Labute approximate surface area is 80.9 Å². The molecule has 0 amide bonds. The molecule has 1 atom stereocenters. The molecule has 0 aromatic heterocycles. The fourth-order valence-corrected chi connectivity index (χ4v) is 1.61. The summed E-state index contributed by atoms with van der Waals surface area (Å²) in [7, 11) is 0. The summed E-state index contributed by atoms with van der Waals surface area (Å²) in [6, 6.07) is 5.31. The first-order valence-electron chi connectivity index (χ1n) is 4.56. The van der Waals surface area contributed by atoms with Crippen LogP contribution in [0.3, 0.4) is 0 Å². The summed E-state index contributed by atoms with van der Waals surface area (Å²) in [5.41, 5.74) is 1.60. The molecule has 14 heavy (non-hydrogen) atoms. The Hall–Kier alpha value is -1.35. The fraction of sp³-hybridized carbons (Fsp3) is 0.273. The highest BCUT2D eigenvalue weighted by Crippen LogP contribution is 2.41. The van der Waals surface area contributed by atoms with Gasteiger partial charge in [0.1, 0.15) is 12.4 Å². The molecule has 1 fully saturated rings. The van der Waals surface area contributed by atoms with Crippen LogP contribution in [-0.2, 0) is 17.0 Å². The number of allylic oxidation sites excluding steroid dienone is 1. The van der Waals surface area contributed by atoms with Crippen LogP contribution in [-0.4, -0.2) is 6.61 Å². The lowest BCUT2D eigenvalue weighted by Gasteiger charge is -2.13. The Morgan fingerprint density at radius 1 is 1.36 bits per heavy atom. The number of benzene rings is 1. The highest BCUT2D eigenvalue weighted by atomic mass is 19.2. The molecule has 3 heteroatoms. The summed E-state index contributed by atoms with van der Waals surface area (Å²) >= 11 is 0. The zero-order chi connectivity index (χ0) is 9.60. The second-order valence-electron chi connectivity index (χ2n) is 3.53. The lowest BCUT2D eigenvalue weighted by atomic mass is 10.0. The molecule has 2 aliphatic heterocycles. The van der Waals surface area contributed by atoms with E-state index in [0.29, 0.717) is 5.56 Å². The summed E-state index contributed by atoms with van der Waals surface area (Å²) in [6.45, 7) is 0.169. The third-order valence-electron chi connectivity index (χ3n) is 2.52. The Balaban J connectivity index is 2.03. The molecule has 0 bridgehead atoms. The predicted octanol–water partition coefficient (Wildman–Crippen LogP) is 2.29. The zero-order valence-electron chi connectivity index (χ0n) is 7.50. The van der Waals surface area contributed by atoms with Crippen LogP contribution in [0.25, 0.3) is 0 Å². The number of fused-ring (bicyclic) bond motifs is 1. The normalized spacial score (nSPS) is 28.1. The van der Waals surface area contributed by atoms with Crippen molar-refractivity contribution in [2.75, 3.05) is 6.61 Å². The number of hydrogen-bond donors (Lipinski definition) is 0. The van der Waals surface area contributed by atoms with E-state index in [1.165, 1.54) is 0 Å². The first kappa shape index (κ1) is 8.00. The molecule has 0 saturated carbocycles. The van der Waals surface area contributed by atoms with Crippen molar-refractivity contribution in [3.63, 3.8) is 0 Å². The van der Waals surface area contributed by atoms with Gasteiger partial charge in [-0.2, -0.15) is 0 Å². The van der Waals surface area contributed by atoms with Gasteiger partial charge < -0.3 is 9.47 Å². The van der Waals surface area contributed by atoms with E-state index in [9.17, 15) is 4.39 Å². The van der Waals surface area contributed by atoms with Crippen LogP contribution in [0.1, 0.15) is 11.1 Å². The van der Waals surface area contributed by atoms with E-state index >= 15 is 0 Å². The van der Waals surface area contributed by atoms with Gasteiger partial charge in [-0.3, -0.25) is 0 Å². The maximum Gasteiger partial charge on any atom is 0.259 e. The molecule has 0 unspecified atom stereocenters. The molecule has 1 saturated heterocycles. The average Bonchev–Trinajstić information content (AvgIpc) is 2.97. The Bertz CT molecular complexity index is 408. The van der Waals surface area contributed by atoms with Crippen molar-refractivity contribution in [1.82, 2.24) is 0 Å². The molecule has 72 valence electrons. The molecule has 3 rings (SSSR count). The third kappa shape index (κ3) is 1.13. The van der Waals surface area contributed by atoms with Crippen molar-refractivity contribution in [3.8, 4) is 5.75 Å². The van der Waals surface area contributed by atoms with E-state index in [1.54, 1.807) is 18.4 Å². The van der Waals surface area contributed by atoms with Crippen molar-refractivity contribution in [2.24, 2.45) is 0 Å². The molecule has 1 aromatic rings.